The third-order valence-electron chi connectivity index (χ3n) is 4.83. The summed E-state index contributed by atoms with van der Waals surface area (Å²) in [5.74, 6) is 0.785. The first-order valence-electron chi connectivity index (χ1n) is 7.35. The van der Waals surface area contributed by atoms with Crippen molar-refractivity contribution in [2.45, 2.75) is 25.2 Å². The van der Waals surface area contributed by atoms with Crippen molar-refractivity contribution in [1.82, 2.24) is 10.6 Å². The molecule has 2 aliphatic rings. The Bertz CT molecular complexity index is 509. The fourth-order valence-corrected chi connectivity index (χ4v) is 3.02. The van der Waals surface area contributed by atoms with Crippen molar-refractivity contribution in [2.24, 2.45) is 11.8 Å². The molecule has 1 atom stereocenters. The quantitative estimate of drug-likeness (QED) is 0.875. The molecule has 1 aromatic carbocycles. The van der Waals surface area contributed by atoms with Crippen LogP contribution in [0.2, 0.25) is 5.02 Å². The second-order valence-electron chi connectivity index (χ2n) is 6.22. The maximum Gasteiger partial charge on any atom is 0.223 e. The van der Waals surface area contributed by atoms with Gasteiger partial charge in [-0.2, -0.15) is 0 Å². The Labute approximate surface area is 125 Å². The van der Waals surface area contributed by atoms with Gasteiger partial charge in [0.05, 0.1) is 0 Å². The molecule has 2 N–H and O–H groups in total. The molecule has 108 valence electrons. The smallest absolute Gasteiger partial charge is 0.223 e. The Morgan fingerprint density at radius 3 is 2.80 bits per heavy atom. The lowest BCUT2D eigenvalue weighted by atomic mass is 9.88. The van der Waals surface area contributed by atoms with Crippen LogP contribution in [0.4, 0.5) is 0 Å². The van der Waals surface area contributed by atoms with Crippen molar-refractivity contribution in [3.8, 4) is 0 Å². The van der Waals surface area contributed by atoms with Crippen LogP contribution in [-0.2, 0) is 10.2 Å². The number of hydrogen-bond donors (Lipinski definition) is 2. The number of benzene rings is 1. The van der Waals surface area contributed by atoms with Gasteiger partial charge in [0, 0.05) is 22.9 Å². The number of halogens is 1. The van der Waals surface area contributed by atoms with Gasteiger partial charge in [-0.15, -0.1) is 0 Å². The molecule has 0 spiro atoms. The Morgan fingerprint density at radius 2 is 2.25 bits per heavy atom. The van der Waals surface area contributed by atoms with Crippen LogP contribution in [-0.4, -0.2) is 25.5 Å². The van der Waals surface area contributed by atoms with Crippen molar-refractivity contribution in [2.75, 3.05) is 19.6 Å². The molecular weight excluding hydrogens is 272 g/mol. The van der Waals surface area contributed by atoms with Gasteiger partial charge < -0.3 is 10.6 Å². The summed E-state index contributed by atoms with van der Waals surface area (Å²) in [6.07, 6.45) is 2.26. The van der Waals surface area contributed by atoms with Crippen molar-refractivity contribution >= 4 is 17.5 Å². The second kappa shape index (κ2) is 5.38. The van der Waals surface area contributed by atoms with Crippen LogP contribution in [0.15, 0.2) is 24.3 Å². The molecule has 1 aliphatic heterocycles. The minimum atomic E-state index is 0.103. The van der Waals surface area contributed by atoms with Crippen molar-refractivity contribution < 1.29 is 4.79 Å². The van der Waals surface area contributed by atoms with Gasteiger partial charge in [-0.25, -0.2) is 0 Å². The summed E-state index contributed by atoms with van der Waals surface area (Å²) < 4.78 is 0. The standard InChI is InChI=1S/C16H21ClN2O/c1-11(12-8-18-9-12)15(20)19-10-16(5-6-16)13-3-2-4-14(17)7-13/h2-4,7,11-12,18H,5-6,8-10H2,1H3,(H,19,20). The Hall–Kier alpha value is -1.06. The largest absolute Gasteiger partial charge is 0.355 e. The highest BCUT2D eigenvalue weighted by molar-refractivity contribution is 6.30. The molecule has 2 fully saturated rings. The molecule has 0 bridgehead atoms. The van der Waals surface area contributed by atoms with Crippen LogP contribution in [0.1, 0.15) is 25.3 Å². The van der Waals surface area contributed by atoms with E-state index in [9.17, 15) is 4.79 Å². The van der Waals surface area contributed by atoms with Crippen LogP contribution < -0.4 is 10.6 Å². The van der Waals surface area contributed by atoms with Crippen molar-refractivity contribution in [3.63, 3.8) is 0 Å². The molecule has 3 rings (SSSR count). The minimum Gasteiger partial charge on any atom is -0.355 e. The van der Waals surface area contributed by atoms with Gasteiger partial charge in [-0.3, -0.25) is 4.79 Å². The third kappa shape index (κ3) is 2.70. The lowest BCUT2D eigenvalue weighted by molar-refractivity contribution is -0.126. The highest BCUT2D eigenvalue weighted by Crippen LogP contribution is 2.48. The lowest BCUT2D eigenvalue weighted by Gasteiger charge is -2.32. The summed E-state index contributed by atoms with van der Waals surface area (Å²) in [5.41, 5.74) is 1.38. The fourth-order valence-electron chi connectivity index (χ4n) is 2.83. The van der Waals surface area contributed by atoms with Gasteiger partial charge in [0.15, 0.2) is 0 Å². The van der Waals surface area contributed by atoms with Crippen LogP contribution in [0.3, 0.4) is 0 Å². The van der Waals surface area contributed by atoms with E-state index in [1.165, 1.54) is 5.56 Å². The lowest BCUT2D eigenvalue weighted by Crippen LogP contribution is -2.50. The van der Waals surface area contributed by atoms with Crippen LogP contribution >= 0.6 is 11.6 Å². The van der Waals surface area contributed by atoms with Crippen molar-refractivity contribution in [3.05, 3.63) is 34.9 Å². The molecule has 20 heavy (non-hydrogen) atoms. The van der Waals surface area contributed by atoms with E-state index in [0.717, 1.165) is 37.5 Å². The molecule has 1 amide bonds. The second-order valence-corrected chi connectivity index (χ2v) is 6.65. The van der Waals surface area contributed by atoms with Gasteiger partial charge in [0.1, 0.15) is 0 Å². The van der Waals surface area contributed by atoms with Gasteiger partial charge in [0.25, 0.3) is 0 Å². The number of hydrogen-bond acceptors (Lipinski definition) is 2. The van der Waals surface area contributed by atoms with E-state index in [0.29, 0.717) is 5.92 Å². The van der Waals surface area contributed by atoms with E-state index in [4.69, 9.17) is 11.6 Å². The molecule has 1 saturated heterocycles. The monoisotopic (exact) mass is 292 g/mol. The minimum absolute atomic E-state index is 0.103. The molecule has 1 saturated carbocycles. The molecule has 4 heteroatoms. The fraction of sp³-hybridized carbons (Fsp3) is 0.562. The predicted octanol–water partition coefficient (Wildman–Crippen LogP) is 2.34. The Morgan fingerprint density at radius 1 is 1.50 bits per heavy atom. The van der Waals surface area contributed by atoms with Gasteiger partial charge >= 0.3 is 0 Å². The molecule has 3 nitrogen and oxygen atoms in total. The summed E-state index contributed by atoms with van der Waals surface area (Å²) in [5, 5.41) is 7.13. The van der Waals surface area contributed by atoms with Gasteiger partial charge in [-0.1, -0.05) is 30.7 Å². The van der Waals surface area contributed by atoms with Crippen molar-refractivity contribution in [1.29, 1.82) is 0 Å². The topological polar surface area (TPSA) is 41.1 Å². The summed E-state index contributed by atoms with van der Waals surface area (Å²) in [4.78, 5) is 12.2. The predicted molar refractivity (Wildman–Crippen MR) is 80.9 cm³/mol. The first-order valence-corrected chi connectivity index (χ1v) is 7.73. The summed E-state index contributed by atoms with van der Waals surface area (Å²) in [6.45, 7) is 4.69. The normalized spacial score (nSPS) is 21.9. The maximum atomic E-state index is 12.2. The highest BCUT2D eigenvalue weighted by Gasteiger charge is 2.44. The van der Waals surface area contributed by atoms with E-state index in [1.807, 2.05) is 25.1 Å². The summed E-state index contributed by atoms with van der Waals surface area (Å²) >= 11 is 6.07. The van der Waals surface area contributed by atoms with Crippen LogP contribution in [0.25, 0.3) is 0 Å². The first kappa shape index (κ1) is 13.9. The number of carbonyl (C=O) groups is 1. The molecular formula is C16H21ClN2O. The molecule has 1 aliphatic carbocycles. The molecule has 1 heterocycles. The van der Waals surface area contributed by atoms with E-state index in [1.54, 1.807) is 0 Å². The van der Waals surface area contributed by atoms with Gasteiger partial charge in [-0.05, 0) is 49.5 Å². The molecule has 0 radical (unpaired) electrons. The molecule has 0 aromatic heterocycles. The van der Waals surface area contributed by atoms with Crippen LogP contribution in [0.5, 0.6) is 0 Å². The zero-order valence-corrected chi connectivity index (χ0v) is 12.5. The number of nitrogens with one attached hydrogen (secondary N) is 2. The zero-order valence-electron chi connectivity index (χ0n) is 11.8. The Balaban J connectivity index is 1.59. The molecule has 1 aromatic rings. The third-order valence-corrected chi connectivity index (χ3v) is 5.06. The zero-order chi connectivity index (χ0) is 14.2. The van der Waals surface area contributed by atoms with Crippen LogP contribution in [0, 0.1) is 11.8 Å². The highest BCUT2D eigenvalue weighted by atomic mass is 35.5. The summed E-state index contributed by atoms with van der Waals surface area (Å²) in [6, 6.07) is 8.03. The number of carbonyl (C=O) groups excluding carboxylic acids is 1. The van der Waals surface area contributed by atoms with E-state index >= 15 is 0 Å². The maximum absolute atomic E-state index is 12.2. The average molecular weight is 293 g/mol. The first-order chi connectivity index (χ1) is 9.61. The Kier molecular flexibility index (Phi) is 3.74. The van der Waals surface area contributed by atoms with E-state index in [2.05, 4.69) is 16.7 Å². The van der Waals surface area contributed by atoms with E-state index in [-0.39, 0.29) is 17.2 Å². The summed E-state index contributed by atoms with van der Waals surface area (Å²) in [7, 11) is 0. The SMILES string of the molecule is CC(C(=O)NCC1(c2cccc(Cl)c2)CC1)C1CNC1. The molecule has 1 unspecified atom stereocenters. The number of rotatable bonds is 5. The average Bonchev–Trinajstić information content (AvgIpc) is 3.15. The van der Waals surface area contributed by atoms with Gasteiger partial charge in [0.2, 0.25) is 5.91 Å². The number of amides is 1. The van der Waals surface area contributed by atoms with E-state index < -0.39 is 0 Å².